The maximum Gasteiger partial charge on any atom is 0.230 e. The van der Waals surface area contributed by atoms with Gasteiger partial charge in [-0.25, -0.2) is 0 Å². The Labute approximate surface area is 104 Å². The number of H-pyrrole nitrogens is 1. The quantitative estimate of drug-likeness (QED) is 0.878. The first-order valence-electron chi connectivity index (χ1n) is 5.20. The van der Waals surface area contributed by atoms with Crippen molar-refractivity contribution in [3.05, 3.63) is 46.7 Å². The van der Waals surface area contributed by atoms with Gasteiger partial charge in [-0.2, -0.15) is 5.10 Å². The van der Waals surface area contributed by atoms with E-state index >= 15 is 0 Å². The number of hydrogen-bond acceptors (Lipinski definition) is 2. The Kier molecular flexibility index (Phi) is 3.44. The number of rotatable bonds is 3. The molecule has 1 amide bonds. The molecule has 17 heavy (non-hydrogen) atoms. The normalized spacial score (nSPS) is 10.2. The highest BCUT2D eigenvalue weighted by atomic mass is 35.5. The Morgan fingerprint density at radius 3 is 2.88 bits per heavy atom. The van der Waals surface area contributed by atoms with Gasteiger partial charge in [0.05, 0.1) is 22.8 Å². The lowest BCUT2D eigenvalue weighted by Crippen LogP contribution is -2.14. The van der Waals surface area contributed by atoms with Crippen molar-refractivity contribution in [2.45, 2.75) is 13.3 Å². The summed E-state index contributed by atoms with van der Waals surface area (Å²) in [4.78, 5) is 11.7. The molecule has 1 aromatic heterocycles. The maximum absolute atomic E-state index is 11.7. The zero-order valence-corrected chi connectivity index (χ0v) is 10.1. The molecule has 2 aromatic rings. The number of para-hydroxylation sites is 1. The van der Waals surface area contributed by atoms with Gasteiger partial charge >= 0.3 is 0 Å². The van der Waals surface area contributed by atoms with Crippen LogP contribution >= 0.6 is 11.6 Å². The summed E-state index contributed by atoms with van der Waals surface area (Å²) in [6, 6.07) is 8.97. The molecule has 1 aromatic carbocycles. The molecule has 2 N–H and O–H groups in total. The van der Waals surface area contributed by atoms with E-state index < -0.39 is 0 Å². The number of carbonyl (C=O) groups is 1. The molecule has 5 heteroatoms. The second kappa shape index (κ2) is 5.01. The molecule has 0 fully saturated rings. The molecule has 0 saturated carbocycles. The van der Waals surface area contributed by atoms with Gasteiger partial charge in [0.1, 0.15) is 0 Å². The van der Waals surface area contributed by atoms with Gasteiger partial charge in [0, 0.05) is 5.69 Å². The van der Waals surface area contributed by atoms with E-state index in [1.54, 1.807) is 12.1 Å². The third-order valence-electron chi connectivity index (χ3n) is 2.25. The number of carbonyl (C=O) groups excluding carboxylic acids is 1. The first-order valence-corrected chi connectivity index (χ1v) is 5.58. The summed E-state index contributed by atoms with van der Waals surface area (Å²) in [7, 11) is 0. The Morgan fingerprint density at radius 2 is 2.24 bits per heavy atom. The van der Waals surface area contributed by atoms with E-state index in [0.717, 1.165) is 5.69 Å². The van der Waals surface area contributed by atoms with Crippen LogP contribution in [0.25, 0.3) is 0 Å². The van der Waals surface area contributed by atoms with E-state index in [1.807, 2.05) is 25.1 Å². The number of halogens is 1. The Hall–Kier alpha value is -1.81. The highest BCUT2D eigenvalue weighted by Crippen LogP contribution is 2.20. The predicted octanol–water partition coefficient (Wildman–Crippen LogP) is 2.55. The molecule has 0 aliphatic heterocycles. The summed E-state index contributed by atoms with van der Waals surface area (Å²) >= 11 is 5.94. The fourth-order valence-corrected chi connectivity index (χ4v) is 1.67. The molecule has 88 valence electrons. The molecule has 0 aliphatic rings. The minimum Gasteiger partial charge on any atom is -0.324 e. The summed E-state index contributed by atoms with van der Waals surface area (Å²) in [6.45, 7) is 1.89. The number of nitrogens with zero attached hydrogens (tertiary/aromatic N) is 1. The molecule has 0 spiro atoms. The second-order valence-electron chi connectivity index (χ2n) is 3.75. The average molecular weight is 250 g/mol. The Balaban J connectivity index is 2.01. The fraction of sp³-hybridized carbons (Fsp3) is 0.167. The van der Waals surface area contributed by atoms with E-state index in [-0.39, 0.29) is 12.3 Å². The van der Waals surface area contributed by atoms with Crippen molar-refractivity contribution >= 4 is 23.2 Å². The lowest BCUT2D eigenvalue weighted by molar-refractivity contribution is -0.115. The van der Waals surface area contributed by atoms with Crippen molar-refractivity contribution in [2.75, 3.05) is 5.32 Å². The number of amides is 1. The molecular weight excluding hydrogens is 238 g/mol. The van der Waals surface area contributed by atoms with E-state index in [9.17, 15) is 4.79 Å². The van der Waals surface area contributed by atoms with Crippen LogP contribution in [0.5, 0.6) is 0 Å². The molecule has 0 unspecified atom stereocenters. The van der Waals surface area contributed by atoms with Gasteiger partial charge in [0.15, 0.2) is 0 Å². The van der Waals surface area contributed by atoms with Crippen molar-refractivity contribution in [1.82, 2.24) is 10.2 Å². The van der Waals surface area contributed by atoms with Crippen molar-refractivity contribution < 1.29 is 4.79 Å². The zero-order valence-electron chi connectivity index (χ0n) is 9.33. The predicted molar refractivity (Wildman–Crippen MR) is 67.1 cm³/mol. The van der Waals surface area contributed by atoms with Crippen LogP contribution in [0, 0.1) is 6.92 Å². The van der Waals surface area contributed by atoms with Crippen LogP contribution in [0.3, 0.4) is 0 Å². The van der Waals surface area contributed by atoms with Crippen molar-refractivity contribution in [3.8, 4) is 0 Å². The molecule has 0 aliphatic carbocycles. The summed E-state index contributed by atoms with van der Waals surface area (Å²) < 4.78 is 0. The molecule has 2 rings (SSSR count). The first kappa shape index (κ1) is 11.7. The Morgan fingerprint density at radius 1 is 1.47 bits per heavy atom. The molecular formula is C12H12ClN3O. The highest BCUT2D eigenvalue weighted by Gasteiger charge is 2.08. The third-order valence-corrected chi connectivity index (χ3v) is 2.58. The van der Waals surface area contributed by atoms with Crippen molar-refractivity contribution in [2.24, 2.45) is 0 Å². The summed E-state index contributed by atoms with van der Waals surface area (Å²) in [5, 5.41) is 10.1. The van der Waals surface area contributed by atoms with Gasteiger partial charge in [0.2, 0.25) is 5.91 Å². The maximum atomic E-state index is 11.7. The molecule has 0 bridgehead atoms. The largest absolute Gasteiger partial charge is 0.324 e. The van der Waals surface area contributed by atoms with Gasteiger partial charge in [-0.05, 0) is 25.1 Å². The molecule has 0 saturated heterocycles. The fourth-order valence-electron chi connectivity index (χ4n) is 1.49. The van der Waals surface area contributed by atoms with E-state index in [0.29, 0.717) is 16.4 Å². The van der Waals surface area contributed by atoms with Crippen molar-refractivity contribution in [3.63, 3.8) is 0 Å². The summed E-state index contributed by atoms with van der Waals surface area (Å²) in [5.41, 5.74) is 2.27. The van der Waals surface area contributed by atoms with Gasteiger partial charge in [-0.1, -0.05) is 23.7 Å². The van der Waals surface area contributed by atoms with Crippen LogP contribution in [0.4, 0.5) is 5.69 Å². The number of aromatic nitrogens is 2. The second-order valence-corrected chi connectivity index (χ2v) is 4.15. The number of aromatic amines is 1. The highest BCUT2D eigenvalue weighted by molar-refractivity contribution is 6.33. The number of nitrogens with one attached hydrogen (secondary N) is 2. The molecule has 1 heterocycles. The van der Waals surface area contributed by atoms with Crippen LogP contribution < -0.4 is 5.32 Å². The monoisotopic (exact) mass is 249 g/mol. The summed E-state index contributed by atoms with van der Waals surface area (Å²) in [5.74, 6) is -0.135. The minimum atomic E-state index is -0.135. The van der Waals surface area contributed by atoms with Crippen molar-refractivity contribution in [1.29, 1.82) is 0 Å². The molecule has 0 radical (unpaired) electrons. The number of benzene rings is 1. The number of anilines is 1. The number of hydrogen-bond donors (Lipinski definition) is 2. The van der Waals surface area contributed by atoms with Gasteiger partial charge < -0.3 is 5.32 Å². The van der Waals surface area contributed by atoms with Crippen LogP contribution in [0.1, 0.15) is 11.4 Å². The zero-order chi connectivity index (χ0) is 12.3. The molecule has 4 nitrogen and oxygen atoms in total. The number of aryl methyl sites for hydroxylation is 1. The minimum absolute atomic E-state index is 0.135. The smallest absolute Gasteiger partial charge is 0.230 e. The van der Waals surface area contributed by atoms with E-state index in [4.69, 9.17) is 11.6 Å². The van der Waals surface area contributed by atoms with E-state index in [2.05, 4.69) is 15.5 Å². The van der Waals surface area contributed by atoms with Crippen LogP contribution in [0.15, 0.2) is 30.3 Å². The SMILES string of the molecule is Cc1cc(CC(=O)Nc2ccccc2Cl)n[nH]1. The molecule has 0 atom stereocenters. The first-order chi connectivity index (χ1) is 8.15. The van der Waals surface area contributed by atoms with E-state index in [1.165, 1.54) is 0 Å². The topological polar surface area (TPSA) is 57.8 Å². The van der Waals surface area contributed by atoms with Gasteiger partial charge in [-0.15, -0.1) is 0 Å². The Bertz CT molecular complexity index is 536. The van der Waals surface area contributed by atoms with Gasteiger partial charge in [0.25, 0.3) is 0 Å². The average Bonchev–Trinajstić information content (AvgIpc) is 2.67. The lowest BCUT2D eigenvalue weighted by atomic mass is 10.2. The third kappa shape index (κ3) is 3.07. The van der Waals surface area contributed by atoms with Crippen LogP contribution in [-0.2, 0) is 11.2 Å². The standard InChI is InChI=1S/C12H12ClN3O/c1-8-6-9(16-15-8)7-12(17)14-11-5-3-2-4-10(11)13/h2-6H,7H2,1H3,(H,14,17)(H,15,16). The van der Waals surface area contributed by atoms with Crippen LogP contribution in [-0.4, -0.2) is 16.1 Å². The van der Waals surface area contributed by atoms with Crippen LogP contribution in [0.2, 0.25) is 5.02 Å². The summed E-state index contributed by atoms with van der Waals surface area (Å²) in [6.07, 6.45) is 0.232. The van der Waals surface area contributed by atoms with Gasteiger partial charge in [-0.3, -0.25) is 9.89 Å². The lowest BCUT2D eigenvalue weighted by Gasteiger charge is -2.05.